The van der Waals surface area contributed by atoms with Crippen LogP contribution in [0.3, 0.4) is 0 Å². The maximum absolute atomic E-state index is 12.6. The first-order valence-electron chi connectivity index (χ1n) is 22.7. The smallest absolute Gasteiger partial charge is 0.457 e. The summed E-state index contributed by atoms with van der Waals surface area (Å²) in [5, 5.41) is 18.3. The number of ether oxygens (including phenoxy) is 2. The summed E-state index contributed by atoms with van der Waals surface area (Å²) in [7, 11) is -4.51. The largest absolute Gasteiger partial charge is 0.472 e. The van der Waals surface area contributed by atoms with Gasteiger partial charge in [-0.05, 0) is 38.5 Å². The molecule has 0 saturated carbocycles. The number of esters is 1. The van der Waals surface area contributed by atoms with Crippen molar-refractivity contribution in [3.05, 3.63) is 12.2 Å². The number of phosphoric acid groups is 1. The number of unbranched alkanes of at least 4 members (excludes halogenated alkanes) is 28. The van der Waals surface area contributed by atoms with E-state index in [0.29, 0.717) is 6.61 Å². The Bertz CT molecular complexity index is 856. The fraction of sp³-hybridized carbons (Fsp3) is 0.932. The minimum atomic E-state index is -4.51. The van der Waals surface area contributed by atoms with Crippen molar-refractivity contribution >= 4 is 13.8 Å². The van der Waals surface area contributed by atoms with Crippen molar-refractivity contribution in [3.8, 4) is 0 Å². The zero-order chi connectivity index (χ0) is 39.6. The molecule has 0 bridgehead atoms. The number of carbonyl (C=O) groups is 1. The van der Waals surface area contributed by atoms with Crippen LogP contribution in [0, 0.1) is 0 Å². The lowest BCUT2D eigenvalue weighted by Crippen LogP contribution is -2.29. The Morgan fingerprint density at radius 2 is 0.944 bits per heavy atom. The molecule has 0 heterocycles. The van der Waals surface area contributed by atoms with E-state index in [9.17, 15) is 19.4 Å². The number of aliphatic hydroxyl groups is 2. The molecule has 0 aromatic heterocycles. The van der Waals surface area contributed by atoms with E-state index in [1.54, 1.807) is 0 Å². The monoisotopic (exact) mass is 791 g/mol. The van der Waals surface area contributed by atoms with Crippen LogP contribution < -0.4 is 0 Å². The third-order valence-corrected chi connectivity index (χ3v) is 10.9. The highest BCUT2D eigenvalue weighted by Crippen LogP contribution is 2.43. The first-order valence-corrected chi connectivity index (χ1v) is 24.2. The second-order valence-corrected chi connectivity index (χ2v) is 16.9. The van der Waals surface area contributed by atoms with Gasteiger partial charge in [0.15, 0.2) is 0 Å². The van der Waals surface area contributed by atoms with Gasteiger partial charge >= 0.3 is 13.8 Å². The lowest BCUT2D eigenvalue weighted by atomic mass is 10.0. The highest BCUT2D eigenvalue weighted by Gasteiger charge is 2.26. The average molecular weight is 791 g/mol. The highest BCUT2D eigenvalue weighted by atomic mass is 31.2. The third-order valence-electron chi connectivity index (χ3n) is 9.95. The molecule has 10 heteroatoms. The Morgan fingerprint density at radius 3 is 1.39 bits per heavy atom. The lowest BCUT2D eigenvalue weighted by Gasteiger charge is -2.20. The summed E-state index contributed by atoms with van der Waals surface area (Å²) in [6.07, 6.45) is 41.8. The molecular formula is C44H87O9P. The number of phosphoric ester groups is 1. The van der Waals surface area contributed by atoms with Crippen LogP contribution in [0.25, 0.3) is 0 Å². The summed E-state index contributed by atoms with van der Waals surface area (Å²) >= 11 is 0. The molecule has 322 valence electrons. The Kier molecular flexibility index (Phi) is 41.2. The first-order chi connectivity index (χ1) is 26.3. The van der Waals surface area contributed by atoms with Crippen LogP contribution in [0.5, 0.6) is 0 Å². The van der Waals surface area contributed by atoms with Gasteiger partial charge in [0.25, 0.3) is 0 Å². The quantitative estimate of drug-likeness (QED) is 0.0239. The number of hydrogen-bond donors (Lipinski definition) is 3. The molecule has 0 aliphatic heterocycles. The number of hydrogen-bond acceptors (Lipinski definition) is 8. The van der Waals surface area contributed by atoms with Gasteiger partial charge in [0.1, 0.15) is 12.2 Å². The number of aliphatic hydroxyl groups excluding tert-OH is 2. The van der Waals surface area contributed by atoms with Gasteiger partial charge in [-0.15, -0.1) is 0 Å². The van der Waals surface area contributed by atoms with Gasteiger partial charge < -0.3 is 24.6 Å². The molecule has 0 rings (SSSR count). The first kappa shape index (κ1) is 53.2. The maximum atomic E-state index is 12.6. The highest BCUT2D eigenvalue weighted by molar-refractivity contribution is 7.47. The average Bonchev–Trinajstić information content (AvgIpc) is 3.16. The standard InChI is InChI=1S/C44H87O9P/c1-3-5-7-9-11-13-15-16-17-18-19-20-21-22-23-24-25-26-27-28-30-32-34-36-44(47)53-43(41-52-54(48,49)51-39-42(46)38-45)40-50-37-35-33-31-29-14-12-10-8-6-4-2/h18-19,42-43,45-46H,3-17,20-41H2,1-2H3,(H,48,49)/b19-18-. The molecule has 0 aromatic carbocycles. The molecule has 0 aliphatic carbocycles. The predicted octanol–water partition coefficient (Wildman–Crippen LogP) is 12.5. The van der Waals surface area contributed by atoms with Crippen LogP contribution in [0.2, 0.25) is 0 Å². The van der Waals surface area contributed by atoms with Crippen molar-refractivity contribution in [2.45, 2.75) is 232 Å². The van der Waals surface area contributed by atoms with E-state index in [1.165, 1.54) is 167 Å². The van der Waals surface area contributed by atoms with Crippen molar-refractivity contribution in [3.63, 3.8) is 0 Å². The van der Waals surface area contributed by atoms with Gasteiger partial charge in [0, 0.05) is 13.0 Å². The Morgan fingerprint density at radius 1 is 0.556 bits per heavy atom. The molecule has 0 fully saturated rings. The van der Waals surface area contributed by atoms with Crippen LogP contribution in [-0.2, 0) is 27.9 Å². The van der Waals surface area contributed by atoms with Gasteiger partial charge in [-0.25, -0.2) is 4.57 Å². The molecule has 3 unspecified atom stereocenters. The molecular weight excluding hydrogens is 703 g/mol. The number of rotatable bonds is 44. The molecule has 3 N–H and O–H groups in total. The Labute approximate surface area is 332 Å². The lowest BCUT2D eigenvalue weighted by molar-refractivity contribution is -0.154. The number of allylic oxidation sites excluding steroid dienone is 2. The molecule has 0 aromatic rings. The van der Waals surface area contributed by atoms with Crippen LogP contribution in [0.4, 0.5) is 0 Å². The minimum Gasteiger partial charge on any atom is -0.457 e. The van der Waals surface area contributed by atoms with Crippen LogP contribution >= 0.6 is 7.82 Å². The normalized spacial score (nSPS) is 14.1. The number of carbonyl (C=O) groups excluding carboxylic acids is 1. The molecule has 0 saturated heterocycles. The zero-order valence-electron chi connectivity index (χ0n) is 35.2. The fourth-order valence-corrected chi connectivity index (χ4v) is 7.26. The van der Waals surface area contributed by atoms with E-state index in [0.717, 1.165) is 32.1 Å². The molecule has 54 heavy (non-hydrogen) atoms. The molecule has 0 amide bonds. The zero-order valence-corrected chi connectivity index (χ0v) is 36.1. The van der Waals surface area contributed by atoms with Crippen molar-refractivity contribution in [2.75, 3.05) is 33.0 Å². The summed E-state index contributed by atoms with van der Waals surface area (Å²) in [5.74, 6) is -0.380. The van der Waals surface area contributed by atoms with Crippen LogP contribution in [-0.4, -0.2) is 66.3 Å². The van der Waals surface area contributed by atoms with Gasteiger partial charge in [0.05, 0.1) is 26.4 Å². The van der Waals surface area contributed by atoms with E-state index in [2.05, 4.69) is 26.0 Å². The van der Waals surface area contributed by atoms with Crippen molar-refractivity contribution < 1.29 is 43.0 Å². The van der Waals surface area contributed by atoms with Gasteiger partial charge in [-0.3, -0.25) is 13.8 Å². The Hall–Kier alpha value is -0.800. The molecule has 0 radical (unpaired) electrons. The summed E-state index contributed by atoms with van der Waals surface area (Å²) < 4.78 is 33.3. The van der Waals surface area contributed by atoms with Gasteiger partial charge in [-0.2, -0.15) is 0 Å². The third kappa shape index (κ3) is 40.9. The Balaban J connectivity index is 4.01. The second kappa shape index (κ2) is 41.8. The van der Waals surface area contributed by atoms with Crippen molar-refractivity contribution in [1.29, 1.82) is 0 Å². The SMILES string of the molecule is CCCCCCCCCC/C=C\CCCCCCCCCCCCCC(=O)OC(COCCCCCCCCCCCC)COP(=O)(O)OCC(O)CO. The van der Waals surface area contributed by atoms with E-state index in [1.807, 2.05) is 0 Å². The minimum absolute atomic E-state index is 0.0544. The van der Waals surface area contributed by atoms with E-state index in [-0.39, 0.29) is 25.6 Å². The summed E-state index contributed by atoms with van der Waals surface area (Å²) in [6.45, 7) is 3.54. The van der Waals surface area contributed by atoms with Gasteiger partial charge in [-0.1, -0.05) is 187 Å². The van der Waals surface area contributed by atoms with E-state index >= 15 is 0 Å². The molecule has 0 spiro atoms. The van der Waals surface area contributed by atoms with Crippen LogP contribution in [0.1, 0.15) is 219 Å². The summed E-state index contributed by atoms with van der Waals surface area (Å²) in [6, 6.07) is 0. The predicted molar refractivity (Wildman–Crippen MR) is 224 cm³/mol. The maximum Gasteiger partial charge on any atom is 0.472 e. The fourth-order valence-electron chi connectivity index (χ4n) is 6.47. The topological polar surface area (TPSA) is 132 Å². The van der Waals surface area contributed by atoms with Crippen molar-refractivity contribution in [1.82, 2.24) is 0 Å². The van der Waals surface area contributed by atoms with E-state index in [4.69, 9.17) is 23.6 Å². The summed E-state index contributed by atoms with van der Waals surface area (Å²) in [4.78, 5) is 22.6. The van der Waals surface area contributed by atoms with Crippen LogP contribution in [0.15, 0.2) is 12.2 Å². The second-order valence-electron chi connectivity index (χ2n) is 15.4. The molecule has 0 aliphatic rings. The van der Waals surface area contributed by atoms with Crippen molar-refractivity contribution in [2.24, 2.45) is 0 Å². The summed E-state index contributed by atoms with van der Waals surface area (Å²) in [5.41, 5.74) is 0. The van der Waals surface area contributed by atoms with Gasteiger partial charge in [0.2, 0.25) is 0 Å². The molecule has 3 atom stereocenters. The molecule has 9 nitrogen and oxygen atoms in total. The van der Waals surface area contributed by atoms with E-state index < -0.39 is 33.2 Å².